The van der Waals surface area contributed by atoms with Crippen LogP contribution in [0.3, 0.4) is 0 Å². The van der Waals surface area contributed by atoms with Crippen LogP contribution in [0.1, 0.15) is 37.8 Å². The van der Waals surface area contributed by atoms with E-state index >= 15 is 0 Å². The van der Waals surface area contributed by atoms with Crippen molar-refractivity contribution in [2.75, 3.05) is 6.61 Å². The Morgan fingerprint density at radius 2 is 1.87 bits per heavy atom. The lowest BCUT2D eigenvalue weighted by atomic mass is 10.1. The molecule has 0 saturated heterocycles. The molecule has 0 fully saturated rings. The molecule has 0 saturated carbocycles. The first-order valence-electron chi connectivity index (χ1n) is 8.37. The van der Waals surface area contributed by atoms with Crippen molar-refractivity contribution in [3.05, 3.63) is 64.7 Å². The smallest absolute Gasteiger partial charge is 0.137 e. The maximum absolute atomic E-state index is 6.27. The topological polar surface area (TPSA) is 21.3 Å². The van der Waals surface area contributed by atoms with Gasteiger partial charge >= 0.3 is 0 Å². The standard InChI is InChI=1S/C20H26ClNO/c1-3-13-23-20-12-11-18(14-19(20)21)15-22-16(2)9-10-17-7-5-4-6-8-17/h4-8,11-12,14,16,22H,3,9-10,13,15H2,1-2H3/t16-/m1/s1. The Bertz CT molecular complexity index is 585. The quantitative estimate of drug-likeness (QED) is 0.678. The molecule has 0 aliphatic rings. The molecular weight excluding hydrogens is 306 g/mol. The number of nitrogens with one attached hydrogen (secondary N) is 1. The van der Waals surface area contributed by atoms with Crippen LogP contribution >= 0.6 is 11.6 Å². The summed E-state index contributed by atoms with van der Waals surface area (Å²) in [5, 5.41) is 4.25. The molecule has 1 N–H and O–H groups in total. The van der Waals surface area contributed by atoms with Gasteiger partial charge in [-0.15, -0.1) is 0 Å². The van der Waals surface area contributed by atoms with Gasteiger partial charge in [-0.05, 0) is 49.4 Å². The summed E-state index contributed by atoms with van der Waals surface area (Å²) in [5.41, 5.74) is 2.58. The molecular formula is C20H26ClNO. The predicted molar refractivity (Wildman–Crippen MR) is 98.3 cm³/mol. The van der Waals surface area contributed by atoms with E-state index in [0.717, 1.165) is 31.6 Å². The van der Waals surface area contributed by atoms with Crippen LogP contribution in [0, 0.1) is 0 Å². The molecule has 0 radical (unpaired) electrons. The highest BCUT2D eigenvalue weighted by Gasteiger charge is 2.05. The van der Waals surface area contributed by atoms with E-state index in [1.54, 1.807) is 0 Å². The second kappa shape index (κ2) is 9.59. The largest absolute Gasteiger partial charge is 0.492 e. The monoisotopic (exact) mass is 331 g/mol. The number of benzene rings is 2. The van der Waals surface area contributed by atoms with E-state index < -0.39 is 0 Å². The Balaban J connectivity index is 1.77. The van der Waals surface area contributed by atoms with Crippen molar-refractivity contribution in [1.82, 2.24) is 5.32 Å². The molecule has 124 valence electrons. The van der Waals surface area contributed by atoms with Gasteiger partial charge in [0.25, 0.3) is 0 Å². The molecule has 0 aliphatic heterocycles. The number of ether oxygens (including phenoxy) is 1. The second-order valence-corrected chi connectivity index (χ2v) is 6.33. The highest BCUT2D eigenvalue weighted by Crippen LogP contribution is 2.25. The third-order valence-electron chi connectivity index (χ3n) is 3.82. The number of rotatable bonds is 9. The Labute approximate surface area is 144 Å². The molecule has 0 amide bonds. The number of aryl methyl sites for hydroxylation is 1. The Morgan fingerprint density at radius 3 is 2.57 bits per heavy atom. The van der Waals surface area contributed by atoms with E-state index in [9.17, 15) is 0 Å². The summed E-state index contributed by atoms with van der Waals surface area (Å²) in [4.78, 5) is 0. The summed E-state index contributed by atoms with van der Waals surface area (Å²) in [7, 11) is 0. The highest BCUT2D eigenvalue weighted by molar-refractivity contribution is 6.32. The Morgan fingerprint density at radius 1 is 1.09 bits per heavy atom. The lowest BCUT2D eigenvalue weighted by Gasteiger charge is -2.15. The van der Waals surface area contributed by atoms with E-state index in [1.807, 2.05) is 12.1 Å². The zero-order valence-electron chi connectivity index (χ0n) is 14.0. The van der Waals surface area contributed by atoms with Gasteiger partial charge in [0.15, 0.2) is 0 Å². The molecule has 0 spiro atoms. The first kappa shape index (κ1) is 17.8. The minimum Gasteiger partial charge on any atom is -0.492 e. The number of hydrogen-bond donors (Lipinski definition) is 1. The van der Waals surface area contributed by atoms with Crippen LogP contribution < -0.4 is 10.1 Å². The molecule has 2 aromatic carbocycles. The van der Waals surface area contributed by atoms with Crippen molar-refractivity contribution in [3.63, 3.8) is 0 Å². The molecule has 1 atom stereocenters. The van der Waals surface area contributed by atoms with Gasteiger partial charge in [0.05, 0.1) is 11.6 Å². The maximum atomic E-state index is 6.27. The summed E-state index contributed by atoms with van der Waals surface area (Å²) >= 11 is 6.27. The van der Waals surface area contributed by atoms with E-state index in [0.29, 0.717) is 17.7 Å². The van der Waals surface area contributed by atoms with Crippen LogP contribution in [0.5, 0.6) is 5.75 Å². The predicted octanol–water partition coefficient (Wildman–Crippen LogP) is 5.24. The van der Waals surface area contributed by atoms with Crippen molar-refractivity contribution in [1.29, 1.82) is 0 Å². The van der Waals surface area contributed by atoms with Gasteiger partial charge in [0.1, 0.15) is 5.75 Å². The molecule has 3 heteroatoms. The summed E-state index contributed by atoms with van der Waals surface area (Å²) in [6.45, 7) is 5.84. The summed E-state index contributed by atoms with van der Waals surface area (Å²) in [6.07, 6.45) is 3.20. The van der Waals surface area contributed by atoms with Crippen molar-refractivity contribution >= 4 is 11.6 Å². The summed E-state index contributed by atoms with van der Waals surface area (Å²) < 4.78 is 5.60. The minimum absolute atomic E-state index is 0.463. The van der Waals surface area contributed by atoms with E-state index in [-0.39, 0.29) is 0 Å². The molecule has 2 rings (SSSR count). The highest BCUT2D eigenvalue weighted by atomic mass is 35.5. The van der Waals surface area contributed by atoms with Crippen LogP contribution in [0.2, 0.25) is 5.02 Å². The third kappa shape index (κ3) is 6.25. The average molecular weight is 332 g/mol. The number of hydrogen-bond acceptors (Lipinski definition) is 2. The van der Waals surface area contributed by atoms with E-state index in [4.69, 9.17) is 16.3 Å². The van der Waals surface area contributed by atoms with Crippen LogP contribution in [0.4, 0.5) is 0 Å². The minimum atomic E-state index is 0.463. The SMILES string of the molecule is CCCOc1ccc(CN[C@H](C)CCc2ccccc2)cc1Cl. The molecule has 2 aromatic rings. The van der Waals surface area contributed by atoms with E-state index in [2.05, 4.69) is 55.6 Å². The van der Waals surface area contributed by atoms with E-state index in [1.165, 1.54) is 11.1 Å². The van der Waals surface area contributed by atoms with Gasteiger partial charge in [0, 0.05) is 12.6 Å². The lowest BCUT2D eigenvalue weighted by molar-refractivity contribution is 0.317. The lowest BCUT2D eigenvalue weighted by Crippen LogP contribution is -2.25. The van der Waals surface area contributed by atoms with Crippen molar-refractivity contribution in [2.24, 2.45) is 0 Å². The van der Waals surface area contributed by atoms with Gasteiger partial charge in [-0.2, -0.15) is 0 Å². The van der Waals surface area contributed by atoms with Crippen LogP contribution in [-0.2, 0) is 13.0 Å². The molecule has 0 aliphatic carbocycles. The average Bonchev–Trinajstić information content (AvgIpc) is 2.58. The molecule has 23 heavy (non-hydrogen) atoms. The van der Waals surface area contributed by atoms with Crippen molar-refractivity contribution < 1.29 is 4.74 Å². The van der Waals surface area contributed by atoms with Crippen LogP contribution in [0.15, 0.2) is 48.5 Å². The molecule has 0 heterocycles. The molecule has 0 bridgehead atoms. The summed E-state index contributed by atoms with van der Waals surface area (Å²) in [5.74, 6) is 0.773. The Kier molecular flexibility index (Phi) is 7.44. The zero-order chi connectivity index (χ0) is 16.5. The fraction of sp³-hybridized carbons (Fsp3) is 0.400. The molecule has 0 aromatic heterocycles. The number of halogens is 1. The summed E-state index contributed by atoms with van der Waals surface area (Å²) in [6, 6.07) is 17.1. The molecule has 2 nitrogen and oxygen atoms in total. The molecule has 0 unspecified atom stereocenters. The zero-order valence-corrected chi connectivity index (χ0v) is 14.8. The normalized spacial score (nSPS) is 12.1. The fourth-order valence-electron chi connectivity index (χ4n) is 2.41. The van der Waals surface area contributed by atoms with Gasteiger partial charge in [-0.1, -0.05) is 54.9 Å². The first-order chi connectivity index (χ1) is 11.2. The Hall–Kier alpha value is -1.51. The van der Waals surface area contributed by atoms with Crippen molar-refractivity contribution in [2.45, 2.75) is 45.7 Å². The van der Waals surface area contributed by atoms with Gasteiger partial charge in [-0.25, -0.2) is 0 Å². The maximum Gasteiger partial charge on any atom is 0.137 e. The first-order valence-corrected chi connectivity index (χ1v) is 8.75. The van der Waals surface area contributed by atoms with Crippen molar-refractivity contribution in [3.8, 4) is 5.75 Å². The fourth-order valence-corrected chi connectivity index (χ4v) is 2.66. The van der Waals surface area contributed by atoms with Crippen LogP contribution in [-0.4, -0.2) is 12.6 Å². The van der Waals surface area contributed by atoms with Gasteiger partial charge < -0.3 is 10.1 Å². The van der Waals surface area contributed by atoms with Gasteiger partial charge in [-0.3, -0.25) is 0 Å². The second-order valence-electron chi connectivity index (χ2n) is 5.92. The third-order valence-corrected chi connectivity index (χ3v) is 4.12. The van der Waals surface area contributed by atoms with Crippen LogP contribution in [0.25, 0.3) is 0 Å². The van der Waals surface area contributed by atoms with Gasteiger partial charge in [0.2, 0.25) is 0 Å².